The number of imidazole rings is 1. The summed E-state index contributed by atoms with van der Waals surface area (Å²) in [6.45, 7) is 3.38. The average molecular weight is 321 g/mol. The van der Waals surface area contributed by atoms with Crippen LogP contribution in [0.25, 0.3) is 11.0 Å². The van der Waals surface area contributed by atoms with Crippen molar-refractivity contribution in [2.75, 3.05) is 36.0 Å². The van der Waals surface area contributed by atoms with Gasteiger partial charge < -0.3 is 14.8 Å². The van der Waals surface area contributed by atoms with Gasteiger partial charge in [-0.25, -0.2) is 9.37 Å². The van der Waals surface area contributed by atoms with E-state index < -0.39 is 0 Å². The van der Waals surface area contributed by atoms with Gasteiger partial charge in [-0.15, -0.1) is 0 Å². The van der Waals surface area contributed by atoms with Gasteiger partial charge >= 0.3 is 0 Å². The van der Waals surface area contributed by atoms with E-state index >= 15 is 0 Å². The fourth-order valence-electron chi connectivity index (χ4n) is 3.04. The molecule has 24 heavy (non-hydrogen) atoms. The Morgan fingerprint density at radius 1 is 1.00 bits per heavy atom. The third-order valence-corrected chi connectivity index (χ3v) is 4.37. The van der Waals surface area contributed by atoms with E-state index in [1.807, 2.05) is 24.3 Å². The van der Waals surface area contributed by atoms with Crippen LogP contribution in [0.15, 0.2) is 42.5 Å². The molecule has 5 nitrogen and oxygen atoms in total. The second-order valence-electron chi connectivity index (χ2n) is 5.85. The van der Waals surface area contributed by atoms with Gasteiger partial charge in [0.1, 0.15) is 5.82 Å². The summed E-state index contributed by atoms with van der Waals surface area (Å²) in [6, 6.07) is 14.2. The average Bonchev–Trinajstić information content (AvgIpc) is 3.05. The van der Waals surface area contributed by atoms with Crippen molar-refractivity contribution in [3.63, 3.8) is 0 Å². The quantitative estimate of drug-likeness (QED) is 0.788. The van der Waals surface area contributed by atoms with Crippen molar-refractivity contribution in [1.82, 2.24) is 9.97 Å². The zero-order valence-corrected chi connectivity index (χ0v) is 13.0. The molecule has 1 saturated heterocycles. The first-order chi connectivity index (χ1) is 11.7. The lowest BCUT2D eigenvalue weighted by molar-refractivity contribution is 0.623. The van der Waals surface area contributed by atoms with E-state index in [1.165, 1.54) is 12.1 Å². The maximum absolute atomic E-state index is 13.0. The van der Waals surface area contributed by atoms with Crippen LogP contribution in [0.3, 0.4) is 0 Å². The monoisotopic (exact) mass is 321 g/mol. The number of nitrogens with zero attached hydrogens (tertiary/aromatic N) is 4. The van der Waals surface area contributed by atoms with Gasteiger partial charge in [0.05, 0.1) is 22.7 Å². The summed E-state index contributed by atoms with van der Waals surface area (Å²) in [5.41, 5.74) is 3.41. The first kappa shape index (κ1) is 14.5. The molecule has 1 fully saturated rings. The van der Waals surface area contributed by atoms with Crippen molar-refractivity contribution in [3.05, 3.63) is 53.8 Å². The number of hydrogen-bond donors (Lipinski definition) is 1. The number of aromatic amines is 1. The molecule has 1 aliphatic rings. The van der Waals surface area contributed by atoms with Gasteiger partial charge in [-0.1, -0.05) is 0 Å². The number of anilines is 2. The van der Waals surface area contributed by atoms with E-state index in [4.69, 9.17) is 5.26 Å². The smallest absolute Gasteiger partial charge is 0.203 e. The van der Waals surface area contributed by atoms with Gasteiger partial charge in [-0.2, -0.15) is 5.26 Å². The highest BCUT2D eigenvalue weighted by Crippen LogP contribution is 2.22. The van der Waals surface area contributed by atoms with Crippen LogP contribution in [0.2, 0.25) is 0 Å². The van der Waals surface area contributed by atoms with Crippen molar-refractivity contribution in [2.45, 2.75) is 0 Å². The van der Waals surface area contributed by atoms with Gasteiger partial charge in [0.25, 0.3) is 0 Å². The van der Waals surface area contributed by atoms with Gasteiger partial charge in [0.2, 0.25) is 5.95 Å². The Bertz CT molecular complexity index is 901. The largest absolute Gasteiger partial charge is 0.368 e. The van der Waals surface area contributed by atoms with E-state index in [0.29, 0.717) is 5.56 Å². The Labute approximate surface area is 138 Å². The first-order valence-corrected chi connectivity index (χ1v) is 7.88. The molecule has 0 aliphatic carbocycles. The number of H-pyrrole nitrogens is 1. The second-order valence-corrected chi connectivity index (χ2v) is 5.85. The Morgan fingerprint density at radius 3 is 2.42 bits per heavy atom. The highest BCUT2D eigenvalue weighted by Gasteiger charge is 2.20. The van der Waals surface area contributed by atoms with Crippen LogP contribution in [0.4, 0.5) is 16.0 Å². The molecule has 0 bridgehead atoms. The van der Waals surface area contributed by atoms with E-state index in [2.05, 4.69) is 25.8 Å². The number of rotatable bonds is 2. The van der Waals surface area contributed by atoms with Crippen LogP contribution >= 0.6 is 0 Å². The fraction of sp³-hybridized carbons (Fsp3) is 0.222. The van der Waals surface area contributed by atoms with Gasteiger partial charge in [0, 0.05) is 31.9 Å². The summed E-state index contributed by atoms with van der Waals surface area (Å²) >= 11 is 0. The molecule has 0 atom stereocenters. The number of halogens is 1. The molecule has 6 heteroatoms. The minimum Gasteiger partial charge on any atom is -0.368 e. The first-order valence-electron chi connectivity index (χ1n) is 7.88. The molecular formula is C18H16FN5. The van der Waals surface area contributed by atoms with Crippen molar-refractivity contribution in [2.24, 2.45) is 0 Å². The zero-order valence-electron chi connectivity index (χ0n) is 13.0. The molecule has 0 unspecified atom stereocenters. The molecule has 4 rings (SSSR count). The van der Waals surface area contributed by atoms with E-state index in [-0.39, 0.29) is 5.82 Å². The lowest BCUT2D eigenvalue weighted by atomic mass is 10.2. The van der Waals surface area contributed by atoms with E-state index in [1.54, 1.807) is 6.07 Å². The Balaban J connectivity index is 1.49. The standard InChI is InChI=1S/C18H16FN5/c19-14-2-4-15(5-3-14)23-7-9-24(10-8-23)18-21-16-6-1-13(12-20)11-17(16)22-18/h1-6,11H,7-10H2,(H,21,22). The highest BCUT2D eigenvalue weighted by molar-refractivity contribution is 5.79. The number of hydrogen-bond acceptors (Lipinski definition) is 4. The minimum atomic E-state index is -0.212. The molecule has 1 aliphatic heterocycles. The van der Waals surface area contributed by atoms with Crippen molar-refractivity contribution >= 4 is 22.7 Å². The summed E-state index contributed by atoms with van der Waals surface area (Å²) in [5.74, 6) is 0.621. The number of aromatic nitrogens is 2. The van der Waals surface area contributed by atoms with E-state index in [9.17, 15) is 4.39 Å². The Morgan fingerprint density at radius 2 is 1.71 bits per heavy atom. The third-order valence-electron chi connectivity index (χ3n) is 4.37. The van der Waals surface area contributed by atoms with Crippen molar-refractivity contribution < 1.29 is 4.39 Å². The molecule has 0 spiro atoms. The molecule has 120 valence electrons. The minimum absolute atomic E-state index is 0.212. The molecule has 0 amide bonds. The lowest BCUT2D eigenvalue weighted by Gasteiger charge is -2.36. The van der Waals surface area contributed by atoms with Crippen LogP contribution in [0.5, 0.6) is 0 Å². The molecule has 2 heterocycles. The van der Waals surface area contributed by atoms with Gasteiger partial charge in [0.15, 0.2) is 0 Å². The number of fused-ring (bicyclic) bond motifs is 1. The summed E-state index contributed by atoms with van der Waals surface area (Å²) in [7, 11) is 0. The van der Waals surface area contributed by atoms with Crippen LogP contribution in [-0.4, -0.2) is 36.1 Å². The predicted octanol–water partition coefficient (Wildman–Crippen LogP) is 2.90. The SMILES string of the molecule is N#Cc1ccc2nc(N3CCN(c4ccc(F)cc4)CC3)[nH]c2c1. The Kier molecular flexibility index (Phi) is 3.54. The summed E-state index contributed by atoms with van der Waals surface area (Å²) in [5, 5.41) is 8.98. The predicted molar refractivity (Wildman–Crippen MR) is 91.6 cm³/mol. The number of nitrogens with one attached hydrogen (secondary N) is 1. The van der Waals surface area contributed by atoms with Crippen LogP contribution in [0, 0.1) is 17.1 Å². The summed E-state index contributed by atoms with van der Waals surface area (Å²) in [4.78, 5) is 12.4. The van der Waals surface area contributed by atoms with E-state index in [0.717, 1.165) is 48.8 Å². The molecule has 0 radical (unpaired) electrons. The van der Waals surface area contributed by atoms with Crippen LogP contribution < -0.4 is 9.80 Å². The molecule has 1 N–H and O–H groups in total. The van der Waals surface area contributed by atoms with Crippen molar-refractivity contribution in [3.8, 4) is 6.07 Å². The Hall–Kier alpha value is -3.07. The number of benzene rings is 2. The fourth-order valence-corrected chi connectivity index (χ4v) is 3.04. The maximum atomic E-state index is 13.0. The van der Waals surface area contributed by atoms with Crippen LogP contribution in [-0.2, 0) is 0 Å². The van der Waals surface area contributed by atoms with Gasteiger partial charge in [-0.05, 0) is 42.5 Å². The summed E-state index contributed by atoms with van der Waals surface area (Å²) < 4.78 is 13.0. The lowest BCUT2D eigenvalue weighted by Crippen LogP contribution is -2.46. The normalized spacial score (nSPS) is 14.8. The second kappa shape index (κ2) is 5.85. The van der Waals surface area contributed by atoms with Gasteiger partial charge in [-0.3, -0.25) is 0 Å². The van der Waals surface area contributed by atoms with Crippen molar-refractivity contribution in [1.29, 1.82) is 5.26 Å². The summed E-state index contributed by atoms with van der Waals surface area (Å²) in [6.07, 6.45) is 0. The topological polar surface area (TPSA) is 59.0 Å². The maximum Gasteiger partial charge on any atom is 0.203 e. The molecule has 0 saturated carbocycles. The molecular weight excluding hydrogens is 305 g/mol. The number of piperazine rings is 1. The van der Waals surface area contributed by atoms with Crippen LogP contribution in [0.1, 0.15) is 5.56 Å². The highest BCUT2D eigenvalue weighted by atomic mass is 19.1. The third kappa shape index (κ3) is 2.65. The zero-order chi connectivity index (χ0) is 16.5. The molecule has 3 aromatic rings. The molecule has 1 aromatic heterocycles. The number of nitriles is 1. The molecule has 2 aromatic carbocycles.